The van der Waals surface area contributed by atoms with Gasteiger partial charge in [0.2, 0.25) is 5.82 Å². The van der Waals surface area contributed by atoms with Gasteiger partial charge in [0.25, 0.3) is 5.91 Å². The van der Waals surface area contributed by atoms with Gasteiger partial charge in [-0.05, 0) is 12.1 Å². The first-order valence-corrected chi connectivity index (χ1v) is 5.91. The van der Waals surface area contributed by atoms with Crippen LogP contribution in [0.3, 0.4) is 0 Å². The molecule has 8 nitrogen and oxygen atoms in total. The largest absolute Gasteiger partial charge is 0.476 e. The van der Waals surface area contributed by atoms with Crippen LogP contribution in [0.5, 0.6) is 0 Å². The summed E-state index contributed by atoms with van der Waals surface area (Å²) in [6, 6.07) is 2.98. The van der Waals surface area contributed by atoms with Crippen LogP contribution >= 0.6 is 0 Å². The van der Waals surface area contributed by atoms with Crippen LogP contribution in [0.4, 0.5) is 5.69 Å². The lowest BCUT2D eigenvalue weighted by Gasteiger charge is -2.04. The van der Waals surface area contributed by atoms with E-state index in [-0.39, 0.29) is 23.1 Å². The molecule has 0 saturated heterocycles. The van der Waals surface area contributed by atoms with Gasteiger partial charge < -0.3 is 10.4 Å². The summed E-state index contributed by atoms with van der Waals surface area (Å²) >= 11 is 0. The van der Waals surface area contributed by atoms with Crippen molar-refractivity contribution in [3.8, 4) is 0 Å². The predicted molar refractivity (Wildman–Crippen MR) is 69.6 cm³/mol. The number of carbonyl (C=O) groups is 2. The van der Waals surface area contributed by atoms with Gasteiger partial charge in [-0.2, -0.15) is 0 Å². The number of rotatable bonds is 4. The van der Waals surface area contributed by atoms with Crippen LogP contribution in [0.2, 0.25) is 0 Å². The van der Waals surface area contributed by atoms with Gasteiger partial charge in [0.15, 0.2) is 5.69 Å². The number of anilines is 1. The number of hydrogen-bond acceptors (Lipinski definition) is 5. The van der Waals surface area contributed by atoms with E-state index in [4.69, 9.17) is 5.11 Å². The number of nitrogens with one attached hydrogen (secondary N) is 2. The van der Waals surface area contributed by atoms with E-state index in [1.54, 1.807) is 0 Å². The quantitative estimate of drug-likeness (QED) is 0.772. The molecule has 0 aliphatic rings. The van der Waals surface area contributed by atoms with Crippen molar-refractivity contribution in [1.29, 1.82) is 0 Å². The fourth-order valence-electron chi connectivity index (χ4n) is 1.49. The Morgan fingerprint density at radius 1 is 1.40 bits per heavy atom. The molecule has 0 aliphatic heterocycles. The number of aromatic amines is 1. The molecule has 0 unspecified atom stereocenters. The summed E-state index contributed by atoms with van der Waals surface area (Å²) in [5.41, 5.74) is -0.138. The highest BCUT2D eigenvalue weighted by Gasteiger charge is 2.18. The van der Waals surface area contributed by atoms with Gasteiger partial charge in [0, 0.05) is 12.1 Å². The number of hydrogen-bond donors (Lipinski definition) is 3. The first-order chi connectivity index (χ1) is 9.49. The second-order valence-corrected chi connectivity index (χ2v) is 4.36. The Hall–Kier alpha value is -2.77. The van der Waals surface area contributed by atoms with Gasteiger partial charge in [0.05, 0.1) is 5.69 Å². The number of amides is 1. The summed E-state index contributed by atoms with van der Waals surface area (Å²) < 4.78 is 0. The van der Waals surface area contributed by atoms with Crippen molar-refractivity contribution in [3.63, 3.8) is 0 Å². The van der Waals surface area contributed by atoms with E-state index in [1.807, 2.05) is 13.8 Å². The Morgan fingerprint density at radius 2 is 2.15 bits per heavy atom. The molecule has 0 radical (unpaired) electrons. The van der Waals surface area contributed by atoms with Gasteiger partial charge in [-0.1, -0.05) is 13.8 Å². The van der Waals surface area contributed by atoms with Crippen LogP contribution < -0.4 is 5.32 Å². The summed E-state index contributed by atoms with van der Waals surface area (Å²) in [5, 5.41) is 17.9. The lowest BCUT2D eigenvalue weighted by atomic mass is 10.2. The SMILES string of the molecule is CC(C)c1nc(C(=O)Nc2cccnc2C(=O)O)n[nH]1. The number of carboxylic acids is 1. The predicted octanol–water partition coefficient (Wildman–Crippen LogP) is 1.27. The molecule has 0 saturated carbocycles. The summed E-state index contributed by atoms with van der Waals surface area (Å²) in [4.78, 5) is 30.7. The minimum absolute atomic E-state index is 0.0473. The van der Waals surface area contributed by atoms with E-state index in [0.717, 1.165) is 0 Å². The third-order valence-corrected chi connectivity index (χ3v) is 2.51. The second kappa shape index (κ2) is 5.47. The van der Waals surface area contributed by atoms with Crippen LogP contribution in [0.25, 0.3) is 0 Å². The molecular weight excluding hydrogens is 262 g/mol. The average molecular weight is 275 g/mol. The lowest BCUT2D eigenvalue weighted by molar-refractivity contribution is 0.0691. The van der Waals surface area contributed by atoms with E-state index in [1.165, 1.54) is 18.3 Å². The minimum atomic E-state index is -1.22. The summed E-state index contributed by atoms with van der Waals surface area (Å²) in [6.07, 6.45) is 1.34. The van der Waals surface area contributed by atoms with Crippen molar-refractivity contribution in [1.82, 2.24) is 20.2 Å². The number of nitrogens with zero attached hydrogens (tertiary/aromatic N) is 3. The molecule has 2 heterocycles. The zero-order valence-corrected chi connectivity index (χ0v) is 10.9. The van der Waals surface area contributed by atoms with Gasteiger partial charge >= 0.3 is 5.97 Å². The smallest absolute Gasteiger partial charge is 0.356 e. The summed E-state index contributed by atoms with van der Waals surface area (Å²) in [6.45, 7) is 3.82. The van der Waals surface area contributed by atoms with Gasteiger partial charge in [-0.3, -0.25) is 9.89 Å². The van der Waals surface area contributed by atoms with E-state index < -0.39 is 11.9 Å². The Labute approximate surface area is 114 Å². The number of aromatic nitrogens is 4. The Morgan fingerprint density at radius 3 is 2.75 bits per heavy atom. The van der Waals surface area contributed by atoms with Crippen molar-refractivity contribution >= 4 is 17.6 Å². The van der Waals surface area contributed by atoms with Gasteiger partial charge in [-0.15, -0.1) is 5.10 Å². The van der Waals surface area contributed by atoms with E-state index in [9.17, 15) is 9.59 Å². The monoisotopic (exact) mass is 275 g/mol. The highest BCUT2D eigenvalue weighted by molar-refractivity contribution is 6.05. The maximum absolute atomic E-state index is 11.9. The van der Waals surface area contributed by atoms with Crippen molar-refractivity contribution in [3.05, 3.63) is 35.7 Å². The Balaban J connectivity index is 2.21. The van der Waals surface area contributed by atoms with Crippen LogP contribution in [-0.4, -0.2) is 37.1 Å². The zero-order chi connectivity index (χ0) is 14.7. The molecular formula is C12H13N5O3. The molecule has 0 fully saturated rings. The molecule has 104 valence electrons. The minimum Gasteiger partial charge on any atom is -0.476 e. The highest BCUT2D eigenvalue weighted by atomic mass is 16.4. The molecule has 0 atom stereocenters. The fourth-order valence-corrected chi connectivity index (χ4v) is 1.49. The van der Waals surface area contributed by atoms with Crippen LogP contribution in [0.1, 0.15) is 46.7 Å². The number of H-pyrrole nitrogens is 1. The highest BCUT2D eigenvalue weighted by Crippen LogP contribution is 2.13. The maximum Gasteiger partial charge on any atom is 0.356 e. The zero-order valence-electron chi connectivity index (χ0n) is 10.9. The van der Waals surface area contributed by atoms with Crippen molar-refractivity contribution in [2.75, 3.05) is 5.32 Å². The van der Waals surface area contributed by atoms with Gasteiger partial charge in [-0.25, -0.2) is 14.8 Å². The standard InChI is InChI=1S/C12H13N5O3/c1-6(2)9-15-10(17-16-9)11(18)14-7-4-3-5-13-8(7)12(19)20/h3-6H,1-2H3,(H,14,18)(H,19,20)(H,15,16,17). The average Bonchev–Trinajstić information content (AvgIpc) is 2.89. The summed E-state index contributed by atoms with van der Waals surface area (Å²) in [5.74, 6) is -1.17. The van der Waals surface area contributed by atoms with E-state index in [0.29, 0.717) is 5.82 Å². The molecule has 8 heteroatoms. The van der Waals surface area contributed by atoms with E-state index >= 15 is 0 Å². The molecule has 2 aromatic heterocycles. The number of aromatic carboxylic acids is 1. The number of carbonyl (C=O) groups excluding carboxylic acids is 1. The molecule has 0 aromatic carbocycles. The molecule has 3 N–H and O–H groups in total. The summed E-state index contributed by atoms with van der Waals surface area (Å²) in [7, 11) is 0. The van der Waals surface area contributed by atoms with Crippen LogP contribution in [-0.2, 0) is 0 Å². The molecule has 20 heavy (non-hydrogen) atoms. The molecule has 2 aromatic rings. The first kappa shape index (κ1) is 13.7. The molecule has 0 spiro atoms. The van der Waals surface area contributed by atoms with Crippen LogP contribution in [0.15, 0.2) is 18.3 Å². The molecule has 2 rings (SSSR count). The lowest BCUT2D eigenvalue weighted by Crippen LogP contribution is -2.17. The van der Waals surface area contributed by atoms with Crippen molar-refractivity contribution in [2.45, 2.75) is 19.8 Å². The van der Waals surface area contributed by atoms with E-state index in [2.05, 4.69) is 25.5 Å². The topological polar surface area (TPSA) is 121 Å². The number of pyridine rings is 1. The third-order valence-electron chi connectivity index (χ3n) is 2.51. The maximum atomic E-state index is 11.9. The third kappa shape index (κ3) is 2.79. The molecule has 1 amide bonds. The van der Waals surface area contributed by atoms with Crippen molar-refractivity contribution < 1.29 is 14.7 Å². The first-order valence-electron chi connectivity index (χ1n) is 5.91. The normalized spacial score (nSPS) is 10.6. The Kier molecular flexibility index (Phi) is 3.74. The number of carboxylic acid groups (broad SMARTS) is 1. The fraction of sp³-hybridized carbons (Fsp3) is 0.250. The molecule has 0 bridgehead atoms. The second-order valence-electron chi connectivity index (χ2n) is 4.36. The van der Waals surface area contributed by atoms with Crippen LogP contribution in [0, 0.1) is 0 Å². The Bertz CT molecular complexity index is 650. The van der Waals surface area contributed by atoms with Gasteiger partial charge in [0.1, 0.15) is 5.82 Å². The molecule has 0 aliphatic carbocycles. The van der Waals surface area contributed by atoms with Crippen molar-refractivity contribution in [2.24, 2.45) is 0 Å².